The second-order valence-corrected chi connectivity index (χ2v) is 16.7. The van der Waals surface area contributed by atoms with Gasteiger partial charge in [-0.15, -0.1) is 0 Å². The molecule has 0 bridgehead atoms. The van der Waals surface area contributed by atoms with E-state index in [1.165, 1.54) is 34.6 Å². The third-order valence-corrected chi connectivity index (χ3v) is 11.4. The van der Waals surface area contributed by atoms with E-state index in [-0.39, 0.29) is 12.2 Å². The highest BCUT2D eigenvalue weighted by atomic mass is 19.4. The summed E-state index contributed by atoms with van der Waals surface area (Å²) in [5, 5.41) is 9.52. The van der Waals surface area contributed by atoms with E-state index in [2.05, 4.69) is 0 Å². The first-order chi connectivity index (χ1) is 29.7. The van der Waals surface area contributed by atoms with Crippen LogP contribution in [0, 0.1) is 17.3 Å². The fourth-order valence-electron chi connectivity index (χ4n) is 7.56. The summed E-state index contributed by atoms with van der Waals surface area (Å²) in [4.78, 5) is 27.0. The average Bonchev–Trinajstić information content (AvgIpc) is 3.17. The molecule has 7 nitrogen and oxygen atoms in total. The molecular formula is C46H46F12O7. The van der Waals surface area contributed by atoms with Crippen LogP contribution in [0.25, 0.3) is 0 Å². The second kappa shape index (κ2) is 18.4. The Morgan fingerprint density at radius 2 is 0.846 bits per heavy atom. The lowest BCUT2D eigenvalue weighted by molar-refractivity contribution is -0.290. The van der Waals surface area contributed by atoms with Gasteiger partial charge in [-0.3, -0.25) is 9.59 Å². The standard InChI is InChI=1S/C46H46F12O7/c1-9-40(8,38(61)64-36-24-16-32(17-25-36)41(43(47,48)49,44(50,51)52)29-10-18-33(59)19-11-29)27(3)26(2)37(60)63-35-22-14-31(15-23-35)42(45(53,54)55,46(56,57)58)30-12-20-34(21-13-30)62-28(4)65-39(5,6)7/h10-28,59H,9H2,1-8H3. The number of phenols is 1. The van der Waals surface area contributed by atoms with Crippen molar-refractivity contribution in [2.45, 2.75) is 109 Å². The summed E-state index contributed by atoms with van der Waals surface area (Å²) in [6.45, 7) is 12.3. The average molecular weight is 939 g/mol. The summed E-state index contributed by atoms with van der Waals surface area (Å²) < 4.78 is 198. The zero-order valence-corrected chi connectivity index (χ0v) is 36.1. The number of ether oxygens (including phenoxy) is 4. The Kier molecular flexibility index (Phi) is 14.8. The molecule has 0 saturated heterocycles. The van der Waals surface area contributed by atoms with Gasteiger partial charge in [-0.1, -0.05) is 69.3 Å². The molecule has 0 amide bonds. The minimum Gasteiger partial charge on any atom is -0.508 e. The van der Waals surface area contributed by atoms with Crippen LogP contribution in [0.15, 0.2) is 97.1 Å². The van der Waals surface area contributed by atoms with Crippen LogP contribution in [0.4, 0.5) is 52.7 Å². The van der Waals surface area contributed by atoms with Crippen molar-refractivity contribution in [2.75, 3.05) is 0 Å². The first kappa shape index (κ1) is 52.2. The Hall–Kier alpha value is -5.46. The monoisotopic (exact) mass is 938 g/mol. The molecule has 0 radical (unpaired) electrons. The summed E-state index contributed by atoms with van der Waals surface area (Å²) in [6, 6.07) is 10.4. The number of esters is 2. The van der Waals surface area contributed by atoms with Gasteiger partial charge in [-0.25, -0.2) is 0 Å². The smallest absolute Gasteiger partial charge is 0.411 e. The van der Waals surface area contributed by atoms with Gasteiger partial charge < -0.3 is 24.1 Å². The van der Waals surface area contributed by atoms with Crippen molar-refractivity contribution in [3.8, 4) is 23.0 Å². The highest BCUT2D eigenvalue weighted by Crippen LogP contribution is 2.58. The van der Waals surface area contributed by atoms with Crippen LogP contribution in [-0.2, 0) is 25.2 Å². The predicted octanol–water partition coefficient (Wildman–Crippen LogP) is 13.0. The number of benzene rings is 4. The lowest BCUT2D eigenvalue weighted by Crippen LogP contribution is -2.54. The van der Waals surface area contributed by atoms with E-state index in [0.717, 1.165) is 36.4 Å². The van der Waals surface area contributed by atoms with E-state index in [1.54, 1.807) is 20.8 Å². The molecule has 4 aromatic carbocycles. The lowest BCUT2D eigenvalue weighted by atomic mass is 9.70. The molecule has 19 heteroatoms. The second-order valence-electron chi connectivity index (χ2n) is 16.7. The molecule has 356 valence electrons. The zero-order valence-electron chi connectivity index (χ0n) is 36.1. The molecule has 4 atom stereocenters. The number of phenolic OH excluding ortho intramolecular Hbond substituents is 1. The number of hydrogen-bond donors (Lipinski definition) is 1. The SMILES string of the molecule is CCC(C)(C(=O)Oc1ccc(C(c2ccc(O)cc2)(C(F)(F)F)C(F)(F)F)cc1)C(C)C(C)C(=O)Oc1ccc(C(c2ccc(OC(C)OC(C)(C)C)cc2)(C(F)(F)F)C(F)(F)F)cc1. The maximum atomic E-state index is 14.8. The third kappa shape index (κ3) is 10.3. The zero-order chi connectivity index (χ0) is 49.4. The molecule has 0 spiro atoms. The molecule has 0 aliphatic heterocycles. The van der Waals surface area contributed by atoms with Crippen LogP contribution in [0.2, 0.25) is 0 Å². The number of hydrogen-bond acceptors (Lipinski definition) is 7. The molecule has 4 unspecified atom stereocenters. The van der Waals surface area contributed by atoms with Gasteiger partial charge in [-0.2, -0.15) is 52.7 Å². The van der Waals surface area contributed by atoms with E-state index in [9.17, 15) is 67.4 Å². The number of halogens is 12. The van der Waals surface area contributed by atoms with E-state index in [0.29, 0.717) is 60.7 Å². The molecule has 0 aromatic heterocycles. The summed E-state index contributed by atoms with van der Waals surface area (Å²) in [5.41, 5.74) is -16.3. The maximum absolute atomic E-state index is 14.8. The minimum absolute atomic E-state index is 0.0443. The van der Waals surface area contributed by atoms with Crippen LogP contribution >= 0.6 is 0 Å². The molecule has 0 heterocycles. The fourth-order valence-corrected chi connectivity index (χ4v) is 7.56. The number of carbonyl (C=O) groups is 2. The van der Waals surface area contributed by atoms with Crippen LogP contribution in [-0.4, -0.2) is 53.6 Å². The molecule has 65 heavy (non-hydrogen) atoms. The van der Waals surface area contributed by atoms with Crippen LogP contribution in [0.3, 0.4) is 0 Å². The molecule has 0 aliphatic rings. The van der Waals surface area contributed by atoms with Crippen molar-refractivity contribution in [2.24, 2.45) is 17.3 Å². The largest absolute Gasteiger partial charge is 0.508 e. The molecule has 0 fully saturated rings. The maximum Gasteiger partial charge on any atom is 0.411 e. The Bertz CT molecular complexity index is 2210. The molecule has 1 N–H and O–H groups in total. The van der Waals surface area contributed by atoms with Gasteiger partial charge in [0.2, 0.25) is 10.8 Å². The van der Waals surface area contributed by atoms with Gasteiger partial charge >= 0.3 is 36.6 Å². The minimum atomic E-state index is -5.94. The van der Waals surface area contributed by atoms with Crippen LogP contribution in [0.5, 0.6) is 23.0 Å². The van der Waals surface area contributed by atoms with Crippen molar-refractivity contribution in [3.63, 3.8) is 0 Å². The van der Waals surface area contributed by atoms with Gasteiger partial charge in [0.25, 0.3) is 0 Å². The van der Waals surface area contributed by atoms with E-state index >= 15 is 0 Å². The Balaban J connectivity index is 1.57. The Labute approximate surface area is 366 Å². The summed E-state index contributed by atoms with van der Waals surface area (Å²) >= 11 is 0. The van der Waals surface area contributed by atoms with Crippen LogP contribution in [0.1, 0.15) is 84.1 Å². The molecule has 4 aromatic rings. The first-order valence-corrected chi connectivity index (χ1v) is 19.8. The normalized spacial score (nSPS) is 15.6. The quantitative estimate of drug-likeness (QED) is 0.0583. The Morgan fingerprint density at radius 1 is 0.523 bits per heavy atom. The number of rotatable bonds is 14. The molecular weight excluding hydrogens is 892 g/mol. The van der Waals surface area contributed by atoms with Gasteiger partial charge in [0.15, 0.2) is 6.29 Å². The number of alkyl halides is 12. The number of aromatic hydroxyl groups is 1. The van der Waals surface area contributed by atoms with Crippen LogP contribution < -0.4 is 14.2 Å². The van der Waals surface area contributed by atoms with Crippen molar-refractivity contribution < 1.29 is 86.3 Å². The summed E-state index contributed by atoms with van der Waals surface area (Å²) in [6.07, 6.45) is -24.7. The third-order valence-electron chi connectivity index (χ3n) is 11.4. The van der Waals surface area contributed by atoms with Crippen molar-refractivity contribution >= 4 is 11.9 Å². The molecule has 0 saturated carbocycles. The van der Waals surface area contributed by atoms with Gasteiger partial charge in [-0.05, 0) is 118 Å². The topological polar surface area (TPSA) is 91.3 Å². The highest BCUT2D eigenvalue weighted by Gasteiger charge is 2.73. The van der Waals surface area contributed by atoms with Gasteiger partial charge in [0, 0.05) is 0 Å². The van der Waals surface area contributed by atoms with Gasteiger partial charge in [0.1, 0.15) is 23.0 Å². The van der Waals surface area contributed by atoms with Gasteiger partial charge in [0.05, 0.1) is 16.9 Å². The highest BCUT2D eigenvalue weighted by molar-refractivity contribution is 5.81. The lowest BCUT2D eigenvalue weighted by Gasteiger charge is -2.38. The Morgan fingerprint density at radius 3 is 1.17 bits per heavy atom. The predicted molar refractivity (Wildman–Crippen MR) is 212 cm³/mol. The van der Waals surface area contributed by atoms with Crippen molar-refractivity contribution in [3.05, 3.63) is 119 Å². The van der Waals surface area contributed by atoms with E-state index < -0.39 is 116 Å². The summed E-state index contributed by atoms with van der Waals surface area (Å²) in [7, 11) is 0. The molecule has 0 aliphatic carbocycles. The molecule has 4 rings (SSSR count). The van der Waals surface area contributed by atoms with E-state index in [1.807, 2.05) is 0 Å². The summed E-state index contributed by atoms with van der Waals surface area (Å²) in [5.74, 6) is -5.89. The van der Waals surface area contributed by atoms with Crippen molar-refractivity contribution in [1.29, 1.82) is 0 Å². The first-order valence-electron chi connectivity index (χ1n) is 19.8. The van der Waals surface area contributed by atoms with Crippen molar-refractivity contribution in [1.82, 2.24) is 0 Å². The van der Waals surface area contributed by atoms with E-state index in [4.69, 9.17) is 18.9 Å². The number of carbonyl (C=O) groups excluding carboxylic acids is 2. The fraction of sp³-hybridized carbons (Fsp3) is 0.435.